The van der Waals surface area contributed by atoms with E-state index in [1.54, 1.807) is 60.9 Å². The number of nitrogens with one attached hydrogen (secondary N) is 1. The first kappa shape index (κ1) is 30.3. The van der Waals surface area contributed by atoms with Crippen LogP contribution in [0.5, 0.6) is 0 Å². The molecular weight excluding hydrogens is 588 g/mol. The Hall–Kier alpha value is -5.17. The number of hydrogen-bond donors (Lipinski definition) is 1. The zero-order chi connectivity index (χ0) is 31.1. The summed E-state index contributed by atoms with van der Waals surface area (Å²) in [6, 6.07) is 17.1. The molecule has 0 spiro atoms. The highest BCUT2D eigenvalue weighted by Crippen LogP contribution is 2.31. The maximum absolute atomic E-state index is 13.7. The summed E-state index contributed by atoms with van der Waals surface area (Å²) < 4.78 is 6.25. The molecule has 0 unspecified atom stereocenters. The number of anilines is 1. The fourth-order valence-corrected chi connectivity index (χ4v) is 5.78. The van der Waals surface area contributed by atoms with Gasteiger partial charge < -0.3 is 14.9 Å². The summed E-state index contributed by atoms with van der Waals surface area (Å²) in [4.78, 5) is 71.7. The zero-order valence-corrected chi connectivity index (χ0v) is 24.3. The second kappa shape index (κ2) is 13.9. The van der Waals surface area contributed by atoms with Gasteiger partial charge >= 0.3 is 5.97 Å². The number of carbonyl (C=O) groups excluding carboxylic acids is 4. The molecule has 1 N–H and O–H groups in total. The van der Waals surface area contributed by atoms with Gasteiger partial charge in [-0.05, 0) is 53.6 Å². The van der Waals surface area contributed by atoms with E-state index in [9.17, 15) is 29.3 Å². The molecule has 13 heteroatoms. The minimum atomic E-state index is -0.878. The molecule has 0 bridgehead atoms. The lowest BCUT2D eigenvalue weighted by Gasteiger charge is -2.22. The summed E-state index contributed by atoms with van der Waals surface area (Å²) in [6.45, 7) is -0.150. The van der Waals surface area contributed by atoms with Gasteiger partial charge in [0.1, 0.15) is 6.61 Å². The van der Waals surface area contributed by atoms with Crippen molar-refractivity contribution in [3.63, 3.8) is 0 Å². The van der Waals surface area contributed by atoms with Gasteiger partial charge in [0, 0.05) is 25.4 Å². The molecule has 3 heterocycles. The van der Waals surface area contributed by atoms with Gasteiger partial charge in [-0.1, -0.05) is 42.8 Å². The summed E-state index contributed by atoms with van der Waals surface area (Å²) >= 11 is 1.37. The van der Waals surface area contributed by atoms with Crippen LogP contribution in [-0.2, 0) is 25.8 Å². The average Bonchev–Trinajstić information content (AvgIpc) is 3.54. The first-order chi connectivity index (χ1) is 21.3. The fourth-order valence-electron chi connectivity index (χ4n) is 4.85. The zero-order valence-electron chi connectivity index (χ0n) is 23.5. The number of carbonyl (C=O) groups is 4. The number of esters is 1. The normalized spacial score (nSPS) is 13.0. The van der Waals surface area contributed by atoms with Crippen LogP contribution in [0.3, 0.4) is 0 Å². The first-order valence-electron chi connectivity index (χ1n) is 13.9. The highest BCUT2D eigenvalue weighted by molar-refractivity contribution is 7.22. The van der Waals surface area contributed by atoms with E-state index in [0.29, 0.717) is 46.5 Å². The summed E-state index contributed by atoms with van der Waals surface area (Å²) in [5.74, 6) is -2.57. The number of hydrogen-bond acceptors (Lipinski definition) is 10. The van der Waals surface area contributed by atoms with Crippen LogP contribution in [0.25, 0.3) is 10.1 Å². The Labute approximate surface area is 255 Å². The number of ether oxygens (including phenoxy) is 1. The van der Waals surface area contributed by atoms with Crippen LogP contribution in [-0.4, -0.2) is 51.8 Å². The van der Waals surface area contributed by atoms with E-state index in [4.69, 9.17) is 4.74 Å². The SMILES string of the molecule is O=C(CCCCCO[N+](=O)[O-])OCc1ccc([C@@H](CN2C(=O)c3ccccc3C2=O)C(=O)Nc2cc3ccncc3s2)cc1. The Kier molecular flexibility index (Phi) is 9.55. The standard InChI is InChI=1S/C31H28N4O8S/c36-28(8-2-1-5-15-43-35(40)41)42-19-20-9-11-21(12-10-20)25(18-34-30(38)23-6-3-4-7-24(23)31(34)39)29(37)33-27-16-22-13-14-32-17-26(22)44-27/h3-4,6-7,9-14,16-17,25H,1-2,5,8,15,18-19H2,(H,33,37)/t25-/m1/s1. The molecule has 0 aliphatic carbocycles. The molecule has 5 rings (SSSR count). The van der Waals surface area contributed by atoms with Crippen molar-refractivity contribution < 1.29 is 33.8 Å². The van der Waals surface area contributed by atoms with Crippen molar-refractivity contribution in [2.45, 2.75) is 38.2 Å². The third-order valence-electron chi connectivity index (χ3n) is 7.13. The number of nitrogens with zero attached hydrogens (tertiary/aromatic N) is 3. The number of unbranched alkanes of at least 4 members (excludes halogenated alkanes) is 2. The fraction of sp³-hybridized carbons (Fsp3) is 0.258. The van der Waals surface area contributed by atoms with Crippen molar-refractivity contribution in [3.8, 4) is 0 Å². The molecule has 226 valence electrons. The van der Waals surface area contributed by atoms with E-state index >= 15 is 0 Å². The van der Waals surface area contributed by atoms with E-state index in [0.717, 1.165) is 15.0 Å². The highest BCUT2D eigenvalue weighted by atomic mass is 32.1. The van der Waals surface area contributed by atoms with Crippen LogP contribution in [0.1, 0.15) is 63.4 Å². The molecule has 1 atom stereocenters. The number of rotatable bonds is 14. The molecule has 44 heavy (non-hydrogen) atoms. The molecule has 0 saturated heterocycles. The van der Waals surface area contributed by atoms with Crippen molar-refractivity contribution >= 4 is 50.1 Å². The Morgan fingerprint density at radius 2 is 1.73 bits per heavy atom. The number of benzene rings is 2. The number of thiophene rings is 1. The highest BCUT2D eigenvalue weighted by Gasteiger charge is 2.38. The van der Waals surface area contributed by atoms with Crippen LogP contribution < -0.4 is 5.32 Å². The van der Waals surface area contributed by atoms with E-state index in [1.165, 1.54) is 11.3 Å². The molecule has 2 aromatic carbocycles. The quantitative estimate of drug-likeness (QED) is 0.0667. The molecule has 4 aromatic rings. The van der Waals surface area contributed by atoms with E-state index < -0.39 is 28.8 Å². The third kappa shape index (κ3) is 7.24. The third-order valence-corrected chi connectivity index (χ3v) is 8.13. The van der Waals surface area contributed by atoms with Crippen molar-refractivity contribution in [2.24, 2.45) is 0 Å². The predicted octanol–water partition coefficient (Wildman–Crippen LogP) is 5.13. The van der Waals surface area contributed by atoms with Gasteiger partial charge in [-0.3, -0.25) is 29.1 Å². The van der Waals surface area contributed by atoms with Crippen molar-refractivity contribution in [2.75, 3.05) is 18.5 Å². The molecule has 1 aliphatic heterocycles. The van der Waals surface area contributed by atoms with Gasteiger partial charge in [0.2, 0.25) is 5.91 Å². The van der Waals surface area contributed by atoms with Crippen molar-refractivity contribution in [3.05, 3.63) is 105 Å². The summed E-state index contributed by atoms with van der Waals surface area (Å²) in [5, 5.41) is 13.8. The maximum atomic E-state index is 13.7. The van der Waals surface area contributed by atoms with Gasteiger partial charge in [0.25, 0.3) is 16.9 Å². The number of imide groups is 1. The lowest BCUT2D eigenvalue weighted by molar-refractivity contribution is -0.757. The number of pyridine rings is 1. The van der Waals surface area contributed by atoms with Gasteiger partial charge in [-0.2, -0.15) is 0 Å². The van der Waals surface area contributed by atoms with Crippen LogP contribution in [0.4, 0.5) is 5.00 Å². The molecule has 0 saturated carbocycles. The predicted molar refractivity (Wildman–Crippen MR) is 160 cm³/mol. The topological polar surface area (TPSA) is 158 Å². The molecular formula is C31H28N4O8S. The van der Waals surface area contributed by atoms with Gasteiger partial charge in [0.05, 0.1) is 33.4 Å². The molecule has 0 fully saturated rings. The van der Waals surface area contributed by atoms with Crippen LogP contribution in [0, 0.1) is 10.1 Å². The van der Waals surface area contributed by atoms with Gasteiger partial charge in [-0.25, -0.2) is 0 Å². The Bertz CT molecular complexity index is 1640. The molecule has 3 amide bonds. The summed E-state index contributed by atoms with van der Waals surface area (Å²) in [5.41, 5.74) is 1.87. The number of fused-ring (bicyclic) bond motifs is 2. The lowest BCUT2D eigenvalue weighted by atomic mass is 9.96. The minimum absolute atomic E-state index is 0.0119. The Morgan fingerprint density at radius 3 is 2.41 bits per heavy atom. The Balaban J connectivity index is 1.25. The molecule has 2 aromatic heterocycles. The largest absolute Gasteiger partial charge is 0.461 e. The summed E-state index contributed by atoms with van der Waals surface area (Å²) in [7, 11) is 0. The maximum Gasteiger partial charge on any atom is 0.306 e. The van der Waals surface area contributed by atoms with Crippen molar-refractivity contribution in [1.29, 1.82) is 0 Å². The summed E-state index contributed by atoms with van der Waals surface area (Å²) in [6.07, 6.45) is 5.13. The molecule has 0 radical (unpaired) electrons. The van der Waals surface area contributed by atoms with Crippen LogP contribution in [0.2, 0.25) is 0 Å². The van der Waals surface area contributed by atoms with E-state index in [-0.39, 0.29) is 32.1 Å². The molecule has 12 nitrogen and oxygen atoms in total. The van der Waals surface area contributed by atoms with Crippen molar-refractivity contribution in [1.82, 2.24) is 9.88 Å². The molecule has 1 aliphatic rings. The number of aromatic nitrogens is 1. The van der Waals surface area contributed by atoms with Gasteiger partial charge in [-0.15, -0.1) is 21.5 Å². The van der Waals surface area contributed by atoms with E-state index in [2.05, 4.69) is 15.1 Å². The van der Waals surface area contributed by atoms with Crippen LogP contribution in [0.15, 0.2) is 73.1 Å². The first-order valence-corrected chi connectivity index (χ1v) is 14.7. The average molecular weight is 617 g/mol. The minimum Gasteiger partial charge on any atom is -0.461 e. The number of amides is 3. The van der Waals surface area contributed by atoms with E-state index in [1.807, 2.05) is 12.1 Å². The monoisotopic (exact) mass is 616 g/mol. The lowest BCUT2D eigenvalue weighted by Crippen LogP contribution is -2.38. The smallest absolute Gasteiger partial charge is 0.306 e. The Morgan fingerprint density at radius 1 is 1.00 bits per heavy atom. The second-order valence-corrected chi connectivity index (χ2v) is 11.2. The van der Waals surface area contributed by atoms with Gasteiger partial charge in [0.15, 0.2) is 0 Å². The van der Waals surface area contributed by atoms with Crippen LogP contribution >= 0.6 is 11.3 Å². The second-order valence-electron chi connectivity index (χ2n) is 10.1.